The number of nitrogens with two attached hydrogens (primary N) is 1. The second kappa shape index (κ2) is 13.2. The van der Waals surface area contributed by atoms with Crippen molar-refractivity contribution in [2.24, 2.45) is 5.73 Å². The number of amides is 1. The molecule has 0 bridgehead atoms. The standard InChI is InChI=1S/C16H13FN4O3.C11H11N3O2.CH4.ClH/c1-9-6-10(2-3-11(9)17)8-18-15(22)12-7-13(16(23)24)21-14(20-12)4-5-19-21;12-9-4-2-6-5-7(1-3-8(6)9)10-13-11(15)16-14-10;;/h2-7H,8H2,1H3,(H,18,22)(H,23,24);1,3,5,9H,2,4,12H2,(H,13,14,15);1H4;1H/t;9-;;/m.0../s1. The maximum absolute atomic E-state index is 13.2. The number of carbonyl (C=O) groups is 2. The predicted octanol–water partition coefficient (Wildman–Crippen LogP) is 3.84. The Bertz CT molecular complexity index is 1800. The third-order valence-corrected chi connectivity index (χ3v) is 6.47. The van der Waals surface area contributed by atoms with Crippen molar-refractivity contribution >= 4 is 29.9 Å². The van der Waals surface area contributed by atoms with E-state index in [1.807, 2.05) is 18.2 Å². The van der Waals surface area contributed by atoms with Crippen molar-refractivity contribution < 1.29 is 23.6 Å². The quantitative estimate of drug-likeness (QED) is 0.234. The second-order valence-corrected chi connectivity index (χ2v) is 9.20. The minimum absolute atomic E-state index is 0. The van der Waals surface area contributed by atoms with Gasteiger partial charge < -0.3 is 16.2 Å². The molecule has 6 rings (SSSR count). The number of carboxylic acid groups (broad SMARTS) is 1. The zero-order valence-corrected chi connectivity index (χ0v) is 22.4. The van der Waals surface area contributed by atoms with Gasteiger partial charge in [-0.15, -0.1) is 12.4 Å². The number of carboxylic acids is 1. The summed E-state index contributed by atoms with van der Waals surface area (Å²) in [6.45, 7) is 1.81. The van der Waals surface area contributed by atoms with Gasteiger partial charge in [-0.3, -0.25) is 14.3 Å². The molecule has 0 spiro atoms. The first-order valence-corrected chi connectivity index (χ1v) is 12.3. The molecular formula is C28H29ClFN7O5. The third-order valence-electron chi connectivity index (χ3n) is 6.47. The molecule has 5 aromatic rings. The number of rotatable bonds is 5. The van der Waals surface area contributed by atoms with Crippen LogP contribution in [-0.2, 0) is 13.0 Å². The molecule has 0 unspecified atom stereocenters. The number of carbonyl (C=O) groups excluding carboxylic acids is 1. The molecule has 14 heteroatoms. The number of aromatic carboxylic acids is 1. The molecule has 220 valence electrons. The Hall–Kier alpha value is -4.88. The molecule has 3 aromatic heterocycles. The smallest absolute Gasteiger partial charge is 0.439 e. The van der Waals surface area contributed by atoms with E-state index in [0.717, 1.165) is 34.6 Å². The van der Waals surface area contributed by atoms with Crippen molar-refractivity contribution in [2.45, 2.75) is 39.8 Å². The zero-order chi connectivity index (χ0) is 28.4. The van der Waals surface area contributed by atoms with Crippen molar-refractivity contribution in [3.8, 4) is 11.4 Å². The van der Waals surface area contributed by atoms with E-state index in [1.165, 1.54) is 29.5 Å². The summed E-state index contributed by atoms with van der Waals surface area (Å²) in [6.07, 6.45) is 3.36. The van der Waals surface area contributed by atoms with Crippen LogP contribution >= 0.6 is 12.4 Å². The first-order chi connectivity index (χ1) is 19.2. The molecule has 5 N–H and O–H groups in total. The number of fused-ring (bicyclic) bond motifs is 2. The molecular weight excluding hydrogens is 569 g/mol. The maximum Gasteiger partial charge on any atom is 0.439 e. The van der Waals surface area contributed by atoms with Gasteiger partial charge in [0.15, 0.2) is 17.2 Å². The Balaban J connectivity index is 0.000000235. The van der Waals surface area contributed by atoms with Gasteiger partial charge in [-0.2, -0.15) is 5.10 Å². The SMILES string of the molecule is C.Cc1cc(CNC(=O)c2cc(C(=O)O)n3nccc3n2)ccc1F.Cl.N[C@H]1CCc2cc(-c3noc(=O)[nH]3)ccc21. The molecule has 0 aliphatic heterocycles. The van der Waals surface area contributed by atoms with Gasteiger partial charge in [0.1, 0.15) is 11.5 Å². The van der Waals surface area contributed by atoms with E-state index in [9.17, 15) is 23.9 Å². The Kier molecular flexibility index (Phi) is 9.94. The zero-order valence-electron chi connectivity index (χ0n) is 21.6. The Morgan fingerprint density at radius 2 is 2.00 bits per heavy atom. The minimum Gasteiger partial charge on any atom is -0.477 e. The first-order valence-electron chi connectivity index (χ1n) is 12.3. The number of hydrogen-bond acceptors (Lipinski definition) is 8. The van der Waals surface area contributed by atoms with Crippen LogP contribution in [0.1, 0.15) is 63.1 Å². The summed E-state index contributed by atoms with van der Waals surface area (Å²) in [6, 6.07) is 13.2. The Labute approximate surface area is 245 Å². The average molecular weight is 598 g/mol. The van der Waals surface area contributed by atoms with Gasteiger partial charge in [0.05, 0.1) is 6.20 Å². The topological polar surface area (TPSA) is 181 Å². The van der Waals surface area contributed by atoms with E-state index in [0.29, 0.717) is 11.4 Å². The molecule has 12 nitrogen and oxygen atoms in total. The molecule has 0 radical (unpaired) electrons. The lowest BCUT2D eigenvalue weighted by Crippen LogP contribution is -2.25. The lowest BCUT2D eigenvalue weighted by molar-refractivity contribution is 0.0687. The van der Waals surface area contributed by atoms with E-state index in [4.69, 9.17) is 5.73 Å². The number of nitrogens with one attached hydrogen (secondary N) is 2. The maximum atomic E-state index is 13.2. The van der Waals surface area contributed by atoms with E-state index in [1.54, 1.807) is 19.1 Å². The molecule has 0 saturated heterocycles. The molecule has 1 amide bonds. The number of benzene rings is 2. The van der Waals surface area contributed by atoms with Gasteiger partial charge >= 0.3 is 11.7 Å². The highest BCUT2D eigenvalue weighted by atomic mass is 35.5. The Morgan fingerprint density at radius 1 is 1.21 bits per heavy atom. The highest BCUT2D eigenvalue weighted by Gasteiger charge is 2.20. The van der Waals surface area contributed by atoms with Gasteiger partial charge in [-0.25, -0.2) is 23.5 Å². The lowest BCUT2D eigenvalue weighted by atomic mass is 10.0. The number of aromatic nitrogens is 5. The predicted molar refractivity (Wildman–Crippen MR) is 154 cm³/mol. The number of aromatic amines is 1. The van der Waals surface area contributed by atoms with Crippen LogP contribution in [0.25, 0.3) is 17.0 Å². The number of nitrogens with zero attached hydrogens (tertiary/aromatic N) is 4. The fraction of sp³-hybridized carbons (Fsp3) is 0.214. The monoisotopic (exact) mass is 597 g/mol. The van der Waals surface area contributed by atoms with E-state index >= 15 is 0 Å². The van der Waals surface area contributed by atoms with Crippen LogP contribution in [0.15, 0.2) is 64.0 Å². The molecule has 42 heavy (non-hydrogen) atoms. The molecule has 0 fully saturated rings. The normalized spacial score (nSPS) is 13.3. The van der Waals surface area contributed by atoms with Crippen LogP contribution < -0.4 is 16.8 Å². The summed E-state index contributed by atoms with van der Waals surface area (Å²) in [5.74, 6) is -2.12. The molecule has 2 aromatic carbocycles. The van der Waals surface area contributed by atoms with Gasteiger partial charge in [-0.05, 0) is 54.2 Å². The minimum atomic E-state index is -1.21. The molecule has 3 heterocycles. The number of aryl methyl sites for hydroxylation is 2. The van der Waals surface area contributed by atoms with Crippen molar-refractivity contribution in [3.05, 3.63) is 105 Å². The molecule has 0 saturated carbocycles. The van der Waals surface area contributed by atoms with Gasteiger partial charge in [0.25, 0.3) is 5.91 Å². The van der Waals surface area contributed by atoms with Crippen LogP contribution in [0.5, 0.6) is 0 Å². The summed E-state index contributed by atoms with van der Waals surface area (Å²) < 4.78 is 18.9. The third kappa shape index (κ3) is 6.70. The summed E-state index contributed by atoms with van der Waals surface area (Å²) in [4.78, 5) is 41.0. The first kappa shape index (κ1) is 31.6. The van der Waals surface area contributed by atoms with Crippen LogP contribution in [0.3, 0.4) is 0 Å². The molecule has 1 aliphatic carbocycles. The fourth-order valence-corrected chi connectivity index (χ4v) is 4.42. The van der Waals surface area contributed by atoms with E-state index in [2.05, 4.69) is 30.1 Å². The summed E-state index contributed by atoms with van der Waals surface area (Å²) in [7, 11) is 0. The van der Waals surface area contributed by atoms with E-state index < -0.39 is 17.6 Å². The lowest BCUT2D eigenvalue weighted by Gasteiger charge is -2.08. The second-order valence-electron chi connectivity index (χ2n) is 9.20. The number of hydrogen-bond donors (Lipinski definition) is 4. The van der Waals surface area contributed by atoms with Gasteiger partial charge in [0.2, 0.25) is 0 Å². The van der Waals surface area contributed by atoms with Crippen molar-refractivity contribution in [3.63, 3.8) is 0 Å². The number of H-pyrrole nitrogens is 1. The number of halogens is 2. The van der Waals surface area contributed by atoms with Crippen molar-refractivity contribution in [2.75, 3.05) is 0 Å². The largest absolute Gasteiger partial charge is 0.477 e. The van der Waals surface area contributed by atoms with Crippen LogP contribution in [-0.4, -0.2) is 41.7 Å². The van der Waals surface area contributed by atoms with E-state index in [-0.39, 0.29) is 55.3 Å². The Morgan fingerprint density at radius 3 is 2.69 bits per heavy atom. The average Bonchev–Trinajstić information content (AvgIpc) is 3.68. The van der Waals surface area contributed by atoms with Gasteiger partial charge in [-0.1, -0.05) is 36.8 Å². The highest BCUT2D eigenvalue weighted by molar-refractivity contribution is 5.95. The van der Waals surface area contributed by atoms with Crippen LogP contribution in [0.4, 0.5) is 4.39 Å². The summed E-state index contributed by atoms with van der Waals surface area (Å²) in [5.41, 5.74) is 10.5. The highest BCUT2D eigenvalue weighted by Crippen LogP contribution is 2.31. The molecule has 1 aliphatic rings. The summed E-state index contributed by atoms with van der Waals surface area (Å²) >= 11 is 0. The summed E-state index contributed by atoms with van der Waals surface area (Å²) in [5, 5.41) is 19.4. The fourth-order valence-electron chi connectivity index (χ4n) is 4.42. The molecule has 1 atom stereocenters. The van der Waals surface area contributed by atoms with Crippen LogP contribution in [0, 0.1) is 12.7 Å². The van der Waals surface area contributed by atoms with Crippen molar-refractivity contribution in [1.82, 2.24) is 30.1 Å². The van der Waals surface area contributed by atoms with Crippen LogP contribution in [0.2, 0.25) is 0 Å². The van der Waals surface area contributed by atoms with Crippen molar-refractivity contribution in [1.29, 1.82) is 0 Å². The van der Waals surface area contributed by atoms with Gasteiger partial charge in [0, 0.05) is 30.3 Å².